The van der Waals surface area contributed by atoms with Crippen LogP contribution in [0.3, 0.4) is 0 Å². The Hall–Kier alpha value is -2.36. The molecule has 1 heterocycles. The van der Waals surface area contributed by atoms with Gasteiger partial charge in [-0.25, -0.2) is 8.42 Å². The highest BCUT2D eigenvalue weighted by Crippen LogP contribution is 2.26. The van der Waals surface area contributed by atoms with E-state index < -0.39 is 15.9 Å². The van der Waals surface area contributed by atoms with Crippen molar-refractivity contribution in [1.82, 2.24) is 4.31 Å². The number of nitrogens with one attached hydrogen (secondary N) is 1. The molecule has 0 atom stereocenters. The maximum atomic E-state index is 12.8. The number of nitrogens with two attached hydrogens (primary N) is 1. The van der Waals surface area contributed by atoms with Gasteiger partial charge in [0.25, 0.3) is 0 Å². The van der Waals surface area contributed by atoms with E-state index in [-0.39, 0.29) is 29.8 Å². The van der Waals surface area contributed by atoms with Crippen molar-refractivity contribution in [2.24, 2.45) is 11.7 Å². The molecule has 2 aromatic carbocycles. The summed E-state index contributed by atoms with van der Waals surface area (Å²) in [6, 6.07) is 13.2. The van der Waals surface area contributed by atoms with Crippen LogP contribution >= 0.6 is 11.8 Å². The highest BCUT2D eigenvalue weighted by atomic mass is 32.2. The topological polar surface area (TPSA) is 110 Å². The second-order valence-corrected chi connectivity index (χ2v) is 9.61. The molecule has 0 radical (unpaired) electrons. The predicted molar refractivity (Wildman–Crippen MR) is 113 cm³/mol. The zero-order chi connectivity index (χ0) is 21.0. The van der Waals surface area contributed by atoms with E-state index in [2.05, 4.69) is 5.32 Å². The standard InChI is InChI=1S/C20H23N3O4S2/c1-28-17-5-7-18(8-6-17)29(26,27)23-11-9-14(10-12-23)20(25)22-16-4-2-3-15(13-16)19(21)24/h2-8,13-14H,9-12H2,1H3,(H2,21,24)(H,22,25). The van der Waals surface area contributed by atoms with Gasteiger partial charge in [-0.2, -0.15) is 4.31 Å². The van der Waals surface area contributed by atoms with Crippen molar-refractivity contribution in [1.29, 1.82) is 0 Å². The lowest BCUT2D eigenvalue weighted by molar-refractivity contribution is -0.120. The number of rotatable bonds is 6. The number of thioether (sulfide) groups is 1. The Balaban J connectivity index is 1.61. The van der Waals surface area contributed by atoms with Crippen molar-refractivity contribution in [2.75, 3.05) is 24.7 Å². The Morgan fingerprint density at radius 2 is 1.76 bits per heavy atom. The van der Waals surface area contributed by atoms with Crippen LogP contribution in [0.1, 0.15) is 23.2 Å². The average molecular weight is 434 g/mol. The number of piperidine rings is 1. The summed E-state index contributed by atoms with van der Waals surface area (Å²) in [6.07, 6.45) is 2.80. The van der Waals surface area contributed by atoms with E-state index in [0.717, 1.165) is 4.90 Å². The minimum atomic E-state index is -3.57. The molecule has 154 valence electrons. The van der Waals surface area contributed by atoms with Gasteiger partial charge < -0.3 is 11.1 Å². The maximum absolute atomic E-state index is 12.8. The highest BCUT2D eigenvalue weighted by Gasteiger charge is 2.32. The number of primary amides is 1. The third-order valence-electron chi connectivity index (χ3n) is 4.94. The number of carbonyl (C=O) groups excluding carboxylic acids is 2. The number of sulfonamides is 1. The second-order valence-electron chi connectivity index (χ2n) is 6.79. The van der Waals surface area contributed by atoms with E-state index in [1.165, 1.54) is 10.4 Å². The first-order chi connectivity index (χ1) is 13.8. The quantitative estimate of drug-likeness (QED) is 0.681. The Morgan fingerprint density at radius 1 is 1.10 bits per heavy atom. The van der Waals surface area contributed by atoms with Crippen molar-refractivity contribution in [3.63, 3.8) is 0 Å². The number of benzene rings is 2. The van der Waals surface area contributed by atoms with Crippen molar-refractivity contribution < 1.29 is 18.0 Å². The Morgan fingerprint density at radius 3 is 2.34 bits per heavy atom. The van der Waals surface area contributed by atoms with Gasteiger partial charge in [-0.1, -0.05) is 6.07 Å². The third-order valence-corrected chi connectivity index (χ3v) is 7.59. The normalized spacial score (nSPS) is 15.8. The number of carbonyl (C=O) groups is 2. The fourth-order valence-electron chi connectivity index (χ4n) is 3.25. The van der Waals surface area contributed by atoms with Crippen LogP contribution < -0.4 is 11.1 Å². The summed E-state index contributed by atoms with van der Waals surface area (Å²) in [5.41, 5.74) is 6.07. The molecule has 9 heteroatoms. The van der Waals surface area contributed by atoms with Gasteiger partial charge in [0.1, 0.15) is 0 Å². The van der Waals surface area contributed by atoms with Crippen LogP contribution in [-0.2, 0) is 14.8 Å². The van der Waals surface area contributed by atoms with Crippen LogP contribution in [0.5, 0.6) is 0 Å². The van der Waals surface area contributed by atoms with Crippen LogP contribution in [0.25, 0.3) is 0 Å². The zero-order valence-electron chi connectivity index (χ0n) is 16.0. The summed E-state index contributed by atoms with van der Waals surface area (Å²) in [7, 11) is -3.57. The van der Waals surface area contributed by atoms with E-state index in [9.17, 15) is 18.0 Å². The molecule has 1 saturated heterocycles. The number of hydrogen-bond acceptors (Lipinski definition) is 5. The molecule has 0 bridgehead atoms. The minimum absolute atomic E-state index is 0.187. The number of hydrogen-bond donors (Lipinski definition) is 2. The van der Waals surface area contributed by atoms with Gasteiger partial charge in [-0.15, -0.1) is 11.8 Å². The lowest BCUT2D eigenvalue weighted by Gasteiger charge is -2.30. The second kappa shape index (κ2) is 8.98. The van der Waals surface area contributed by atoms with E-state index in [4.69, 9.17) is 5.73 Å². The first-order valence-electron chi connectivity index (χ1n) is 9.16. The molecule has 0 aliphatic carbocycles. The molecule has 29 heavy (non-hydrogen) atoms. The van der Waals surface area contributed by atoms with Crippen molar-refractivity contribution in [2.45, 2.75) is 22.6 Å². The molecule has 0 aromatic heterocycles. The van der Waals surface area contributed by atoms with Gasteiger partial charge in [-0.05, 0) is 61.6 Å². The van der Waals surface area contributed by atoms with Crippen LogP contribution in [-0.4, -0.2) is 43.9 Å². The fraction of sp³-hybridized carbons (Fsp3) is 0.300. The van der Waals surface area contributed by atoms with E-state index in [1.54, 1.807) is 54.2 Å². The Labute approximate surface area is 174 Å². The van der Waals surface area contributed by atoms with E-state index >= 15 is 0 Å². The first kappa shape index (κ1) is 21.4. The van der Waals surface area contributed by atoms with Gasteiger partial charge in [-0.3, -0.25) is 9.59 Å². The zero-order valence-corrected chi connectivity index (χ0v) is 17.6. The summed E-state index contributed by atoms with van der Waals surface area (Å²) in [5, 5.41) is 2.79. The van der Waals surface area contributed by atoms with Crippen molar-refractivity contribution >= 4 is 39.3 Å². The van der Waals surface area contributed by atoms with Gasteiger partial charge in [0.2, 0.25) is 21.8 Å². The molecule has 2 amide bonds. The van der Waals surface area contributed by atoms with Crippen molar-refractivity contribution in [3.8, 4) is 0 Å². The molecule has 0 spiro atoms. The fourth-order valence-corrected chi connectivity index (χ4v) is 5.13. The van der Waals surface area contributed by atoms with E-state index in [0.29, 0.717) is 24.1 Å². The largest absolute Gasteiger partial charge is 0.366 e. The third kappa shape index (κ3) is 4.98. The molecule has 7 nitrogen and oxygen atoms in total. The predicted octanol–water partition coefficient (Wildman–Crippen LogP) is 2.55. The van der Waals surface area contributed by atoms with Gasteiger partial charge in [0, 0.05) is 35.2 Å². The molecule has 0 saturated carbocycles. The number of amides is 2. The SMILES string of the molecule is CSc1ccc(S(=O)(=O)N2CCC(C(=O)Nc3cccc(C(N)=O)c3)CC2)cc1. The summed E-state index contributed by atoms with van der Waals surface area (Å²) >= 11 is 1.55. The molecule has 1 fully saturated rings. The molecule has 3 N–H and O–H groups in total. The Bertz CT molecular complexity index is 999. The minimum Gasteiger partial charge on any atom is -0.366 e. The Kier molecular flexibility index (Phi) is 6.61. The molecular weight excluding hydrogens is 410 g/mol. The molecule has 2 aromatic rings. The maximum Gasteiger partial charge on any atom is 0.248 e. The number of anilines is 1. The van der Waals surface area contributed by atoms with Gasteiger partial charge in [0.05, 0.1) is 4.90 Å². The highest BCUT2D eigenvalue weighted by molar-refractivity contribution is 7.98. The van der Waals surface area contributed by atoms with Crippen LogP contribution in [0.2, 0.25) is 0 Å². The lowest BCUT2D eigenvalue weighted by atomic mass is 9.97. The smallest absolute Gasteiger partial charge is 0.248 e. The van der Waals surface area contributed by atoms with Crippen LogP contribution in [0.4, 0.5) is 5.69 Å². The summed E-state index contributed by atoms with van der Waals surface area (Å²) in [4.78, 5) is 25.1. The van der Waals surface area contributed by atoms with Crippen LogP contribution in [0.15, 0.2) is 58.3 Å². The molecule has 3 rings (SSSR count). The van der Waals surface area contributed by atoms with Gasteiger partial charge in [0.15, 0.2) is 0 Å². The van der Waals surface area contributed by atoms with Crippen LogP contribution in [0, 0.1) is 5.92 Å². The van der Waals surface area contributed by atoms with E-state index in [1.807, 2.05) is 6.26 Å². The monoisotopic (exact) mass is 433 g/mol. The number of nitrogens with zero attached hydrogens (tertiary/aromatic N) is 1. The molecule has 1 aliphatic rings. The van der Waals surface area contributed by atoms with Crippen molar-refractivity contribution in [3.05, 3.63) is 54.1 Å². The summed E-state index contributed by atoms with van der Waals surface area (Å²) in [5.74, 6) is -1.05. The lowest BCUT2D eigenvalue weighted by Crippen LogP contribution is -2.41. The molecular formula is C20H23N3O4S2. The summed E-state index contributed by atoms with van der Waals surface area (Å²) < 4.78 is 27.1. The molecule has 0 unspecified atom stereocenters. The summed E-state index contributed by atoms with van der Waals surface area (Å²) in [6.45, 7) is 0.568. The van der Waals surface area contributed by atoms with Gasteiger partial charge >= 0.3 is 0 Å². The molecule has 1 aliphatic heterocycles. The first-order valence-corrected chi connectivity index (χ1v) is 11.8. The average Bonchev–Trinajstić information content (AvgIpc) is 2.74.